The summed E-state index contributed by atoms with van der Waals surface area (Å²) in [6, 6.07) is 5.06. The highest BCUT2D eigenvalue weighted by atomic mass is 19.1. The van der Waals surface area contributed by atoms with Crippen LogP contribution >= 0.6 is 0 Å². The molecule has 2 atom stereocenters. The van der Waals surface area contributed by atoms with Gasteiger partial charge in [0, 0.05) is 18.0 Å². The number of benzene rings is 1. The predicted molar refractivity (Wildman–Crippen MR) is 78.2 cm³/mol. The van der Waals surface area contributed by atoms with Gasteiger partial charge in [-0.3, -0.25) is 0 Å². The summed E-state index contributed by atoms with van der Waals surface area (Å²) >= 11 is 0. The van der Waals surface area contributed by atoms with Gasteiger partial charge in [-0.15, -0.1) is 0 Å². The summed E-state index contributed by atoms with van der Waals surface area (Å²) in [6.45, 7) is 7.36. The minimum Gasteiger partial charge on any atom is -0.496 e. The molecule has 1 rings (SSSR count). The minimum absolute atomic E-state index is 0.131. The largest absolute Gasteiger partial charge is 0.496 e. The van der Waals surface area contributed by atoms with Crippen molar-refractivity contribution in [2.24, 2.45) is 11.8 Å². The molecule has 2 unspecified atom stereocenters. The van der Waals surface area contributed by atoms with Crippen molar-refractivity contribution in [1.82, 2.24) is 4.90 Å². The number of likely N-dealkylation sites (N-methyl/N-ethyl adjacent to an activating group) is 1. The van der Waals surface area contributed by atoms with E-state index in [0.717, 1.165) is 6.54 Å². The Kier molecular flexibility index (Phi) is 5.80. The molecule has 0 spiro atoms. The second-order valence-electron chi connectivity index (χ2n) is 5.83. The van der Waals surface area contributed by atoms with Crippen LogP contribution in [0.1, 0.15) is 32.3 Å². The van der Waals surface area contributed by atoms with Gasteiger partial charge in [0.1, 0.15) is 11.6 Å². The van der Waals surface area contributed by atoms with Gasteiger partial charge in [-0.1, -0.05) is 26.8 Å². The molecule has 108 valence electrons. The molecule has 0 saturated carbocycles. The smallest absolute Gasteiger partial charge is 0.130 e. The zero-order chi connectivity index (χ0) is 14.6. The summed E-state index contributed by atoms with van der Waals surface area (Å²) < 4.78 is 19.6. The lowest BCUT2D eigenvalue weighted by Crippen LogP contribution is -2.28. The van der Waals surface area contributed by atoms with E-state index in [1.54, 1.807) is 13.2 Å². The van der Waals surface area contributed by atoms with E-state index in [9.17, 15) is 4.39 Å². The Morgan fingerprint density at radius 3 is 2.32 bits per heavy atom. The van der Waals surface area contributed by atoms with Gasteiger partial charge in [-0.05, 0) is 38.1 Å². The van der Waals surface area contributed by atoms with E-state index in [4.69, 9.17) is 4.74 Å². The Bertz CT molecular complexity index is 404. The summed E-state index contributed by atoms with van der Waals surface area (Å²) in [6.07, 6.45) is 0. The van der Waals surface area contributed by atoms with Gasteiger partial charge in [-0.2, -0.15) is 0 Å². The molecule has 1 aromatic rings. The summed E-state index contributed by atoms with van der Waals surface area (Å²) in [5, 5.41) is 0. The van der Waals surface area contributed by atoms with Gasteiger partial charge in [0.05, 0.1) is 7.11 Å². The molecular formula is C16H26FNO. The van der Waals surface area contributed by atoms with Gasteiger partial charge >= 0.3 is 0 Å². The Balaban J connectivity index is 3.24. The average Bonchev–Trinajstić information content (AvgIpc) is 2.34. The summed E-state index contributed by atoms with van der Waals surface area (Å²) in [5.41, 5.74) is 0.708. The Morgan fingerprint density at radius 1 is 1.21 bits per heavy atom. The normalized spacial score (nSPS) is 14.8. The summed E-state index contributed by atoms with van der Waals surface area (Å²) in [4.78, 5) is 2.11. The number of nitrogens with zero attached hydrogens (tertiary/aromatic N) is 1. The van der Waals surface area contributed by atoms with Crippen LogP contribution in [0, 0.1) is 17.7 Å². The Labute approximate surface area is 116 Å². The van der Waals surface area contributed by atoms with Crippen LogP contribution < -0.4 is 4.74 Å². The van der Waals surface area contributed by atoms with Gasteiger partial charge in [0.25, 0.3) is 0 Å². The molecule has 0 aliphatic heterocycles. The van der Waals surface area contributed by atoms with Crippen molar-refractivity contribution < 1.29 is 9.13 Å². The topological polar surface area (TPSA) is 12.5 Å². The lowest BCUT2D eigenvalue weighted by atomic mass is 9.79. The van der Waals surface area contributed by atoms with Crippen molar-refractivity contribution in [1.29, 1.82) is 0 Å². The molecule has 3 heteroatoms. The molecule has 0 heterocycles. The van der Waals surface area contributed by atoms with Crippen LogP contribution in [0.2, 0.25) is 0 Å². The van der Waals surface area contributed by atoms with E-state index < -0.39 is 0 Å². The minimum atomic E-state index is -0.168. The van der Waals surface area contributed by atoms with Crippen LogP contribution in [0.25, 0.3) is 0 Å². The number of rotatable bonds is 6. The second kappa shape index (κ2) is 6.90. The third-order valence-corrected chi connectivity index (χ3v) is 3.85. The first-order valence-electron chi connectivity index (χ1n) is 6.85. The van der Waals surface area contributed by atoms with E-state index in [2.05, 4.69) is 25.7 Å². The first kappa shape index (κ1) is 16.0. The zero-order valence-electron chi connectivity index (χ0n) is 12.9. The predicted octanol–water partition coefficient (Wildman–Crippen LogP) is 3.77. The molecule has 0 bridgehead atoms. The van der Waals surface area contributed by atoms with E-state index >= 15 is 0 Å². The highest BCUT2D eigenvalue weighted by Gasteiger charge is 2.28. The average molecular weight is 267 g/mol. The van der Waals surface area contributed by atoms with E-state index in [-0.39, 0.29) is 11.7 Å². The number of methoxy groups -OCH3 is 1. The SMILES string of the molecule is COc1cccc(F)c1C(CN(C)C)C(C)C(C)C. The Morgan fingerprint density at radius 2 is 1.84 bits per heavy atom. The van der Waals surface area contributed by atoms with Crippen LogP contribution in [-0.4, -0.2) is 32.6 Å². The maximum Gasteiger partial charge on any atom is 0.130 e. The quantitative estimate of drug-likeness (QED) is 0.778. The maximum absolute atomic E-state index is 14.3. The van der Waals surface area contributed by atoms with E-state index in [1.807, 2.05) is 20.2 Å². The van der Waals surface area contributed by atoms with Crippen LogP contribution in [0.3, 0.4) is 0 Å². The molecule has 0 aromatic heterocycles. The zero-order valence-corrected chi connectivity index (χ0v) is 12.9. The van der Waals surface area contributed by atoms with Crippen molar-refractivity contribution in [3.8, 4) is 5.75 Å². The molecule has 0 amide bonds. The fourth-order valence-corrected chi connectivity index (χ4v) is 2.43. The maximum atomic E-state index is 14.3. The molecule has 2 nitrogen and oxygen atoms in total. The van der Waals surface area contributed by atoms with Crippen molar-refractivity contribution in [3.63, 3.8) is 0 Å². The Hall–Kier alpha value is -1.09. The number of hydrogen-bond acceptors (Lipinski definition) is 2. The van der Waals surface area contributed by atoms with Gasteiger partial charge in [0.15, 0.2) is 0 Å². The highest BCUT2D eigenvalue weighted by molar-refractivity contribution is 5.38. The number of ether oxygens (including phenoxy) is 1. The lowest BCUT2D eigenvalue weighted by molar-refractivity contribution is 0.263. The molecule has 0 radical (unpaired) electrons. The first-order valence-corrected chi connectivity index (χ1v) is 6.85. The molecule has 0 N–H and O–H groups in total. The van der Waals surface area contributed by atoms with Crippen molar-refractivity contribution in [2.75, 3.05) is 27.7 Å². The van der Waals surface area contributed by atoms with Crippen LogP contribution in [0.15, 0.2) is 18.2 Å². The molecular weight excluding hydrogens is 241 g/mol. The first-order chi connectivity index (χ1) is 8.88. The monoisotopic (exact) mass is 267 g/mol. The lowest BCUT2D eigenvalue weighted by Gasteiger charge is -2.31. The molecule has 0 aliphatic carbocycles. The van der Waals surface area contributed by atoms with Crippen molar-refractivity contribution >= 4 is 0 Å². The fourth-order valence-electron chi connectivity index (χ4n) is 2.43. The number of halogens is 1. The molecule has 0 aliphatic rings. The molecule has 19 heavy (non-hydrogen) atoms. The molecule has 0 fully saturated rings. The third-order valence-electron chi connectivity index (χ3n) is 3.85. The van der Waals surface area contributed by atoms with Crippen LogP contribution in [0.5, 0.6) is 5.75 Å². The van der Waals surface area contributed by atoms with Crippen LogP contribution in [-0.2, 0) is 0 Å². The highest BCUT2D eigenvalue weighted by Crippen LogP contribution is 2.37. The summed E-state index contributed by atoms with van der Waals surface area (Å²) in [5.74, 6) is 1.49. The van der Waals surface area contributed by atoms with Gasteiger partial charge in [0.2, 0.25) is 0 Å². The molecule has 1 aromatic carbocycles. The number of hydrogen-bond donors (Lipinski definition) is 0. The second-order valence-corrected chi connectivity index (χ2v) is 5.83. The fraction of sp³-hybridized carbons (Fsp3) is 0.625. The van der Waals surface area contributed by atoms with Crippen LogP contribution in [0.4, 0.5) is 4.39 Å². The molecule has 0 saturated heterocycles. The van der Waals surface area contributed by atoms with Crippen molar-refractivity contribution in [3.05, 3.63) is 29.6 Å². The van der Waals surface area contributed by atoms with E-state index in [1.165, 1.54) is 6.07 Å². The van der Waals surface area contributed by atoms with E-state index in [0.29, 0.717) is 23.1 Å². The van der Waals surface area contributed by atoms with Gasteiger partial charge < -0.3 is 9.64 Å². The van der Waals surface area contributed by atoms with Crippen molar-refractivity contribution in [2.45, 2.75) is 26.7 Å². The standard InChI is InChI=1S/C16H26FNO/c1-11(2)12(3)13(10-18(4)5)16-14(17)8-7-9-15(16)19-6/h7-9,11-13H,10H2,1-6H3. The third kappa shape index (κ3) is 3.93. The van der Waals surface area contributed by atoms with Gasteiger partial charge in [-0.25, -0.2) is 4.39 Å². The summed E-state index contributed by atoms with van der Waals surface area (Å²) in [7, 11) is 5.64.